The van der Waals surface area contributed by atoms with E-state index in [-0.39, 0.29) is 17.3 Å². The minimum atomic E-state index is -0.484. The number of carbonyl (C=O) groups is 1. The Morgan fingerprint density at radius 2 is 1.79 bits per heavy atom. The summed E-state index contributed by atoms with van der Waals surface area (Å²) in [7, 11) is 0. The zero-order valence-corrected chi connectivity index (χ0v) is 10.9. The fourth-order valence-electron chi connectivity index (χ4n) is 1.85. The van der Waals surface area contributed by atoms with Gasteiger partial charge in [0.15, 0.2) is 11.5 Å². The van der Waals surface area contributed by atoms with Crippen molar-refractivity contribution in [1.82, 2.24) is 9.55 Å². The fraction of sp³-hybridized carbons (Fsp3) is 0.214. The van der Waals surface area contributed by atoms with E-state index in [0.29, 0.717) is 17.1 Å². The first-order valence-corrected chi connectivity index (χ1v) is 5.79. The predicted octanol–water partition coefficient (Wildman–Crippen LogP) is 2.19. The molecule has 0 N–H and O–H groups in total. The van der Waals surface area contributed by atoms with Gasteiger partial charge in [0.05, 0.1) is 5.69 Å². The molecule has 0 spiro atoms. The van der Waals surface area contributed by atoms with Crippen molar-refractivity contribution >= 4 is 5.78 Å². The van der Waals surface area contributed by atoms with Gasteiger partial charge < -0.3 is 0 Å². The molecule has 0 saturated carbocycles. The molecule has 0 aliphatic heterocycles. The van der Waals surface area contributed by atoms with Gasteiger partial charge in [0.1, 0.15) is 5.82 Å². The second-order valence-electron chi connectivity index (χ2n) is 4.30. The highest BCUT2D eigenvalue weighted by atomic mass is 19.1. The summed E-state index contributed by atoms with van der Waals surface area (Å²) in [5.74, 6) is -0.768. The van der Waals surface area contributed by atoms with Gasteiger partial charge in [0, 0.05) is 18.3 Å². The summed E-state index contributed by atoms with van der Waals surface area (Å²) in [5.41, 5.74) is 1.14. The minimum absolute atomic E-state index is 0.104. The van der Waals surface area contributed by atoms with Gasteiger partial charge in [0.2, 0.25) is 0 Å². The van der Waals surface area contributed by atoms with Crippen molar-refractivity contribution in [2.24, 2.45) is 0 Å². The molecule has 5 heteroatoms. The second kappa shape index (κ2) is 4.76. The molecule has 0 amide bonds. The molecule has 1 heterocycles. The van der Waals surface area contributed by atoms with Crippen molar-refractivity contribution in [1.29, 1.82) is 0 Å². The molecular weight excluding hydrogens is 247 g/mol. The number of halogens is 1. The van der Waals surface area contributed by atoms with E-state index in [1.54, 1.807) is 13.8 Å². The van der Waals surface area contributed by atoms with Crippen molar-refractivity contribution in [3.05, 3.63) is 57.5 Å². The van der Waals surface area contributed by atoms with E-state index in [9.17, 15) is 14.0 Å². The van der Waals surface area contributed by atoms with Crippen LogP contribution in [0.1, 0.15) is 28.8 Å². The van der Waals surface area contributed by atoms with E-state index in [4.69, 9.17) is 0 Å². The Morgan fingerprint density at radius 3 is 2.32 bits per heavy atom. The van der Waals surface area contributed by atoms with Crippen LogP contribution in [0, 0.1) is 19.7 Å². The average molecular weight is 260 g/mol. The van der Waals surface area contributed by atoms with Gasteiger partial charge in [-0.3, -0.25) is 14.2 Å². The zero-order chi connectivity index (χ0) is 14.2. The van der Waals surface area contributed by atoms with Crippen molar-refractivity contribution in [3.63, 3.8) is 0 Å². The van der Waals surface area contributed by atoms with Crippen LogP contribution in [0.5, 0.6) is 0 Å². The Labute approximate surface area is 109 Å². The van der Waals surface area contributed by atoms with Crippen LogP contribution in [-0.4, -0.2) is 15.3 Å². The average Bonchev–Trinajstić information content (AvgIpc) is 2.36. The molecule has 1 aromatic heterocycles. The molecule has 0 saturated heterocycles. The van der Waals surface area contributed by atoms with Gasteiger partial charge in [-0.15, -0.1) is 0 Å². The lowest BCUT2D eigenvalue weighted by Crippen LogP contribution is -2.29. The van der Waals surface area contributed by atoms with Crippen LogP contribution < -0.4 is 5.56 Å². The summed E-state index contributed by atoms with van der Waals surface area (Å²) < 4.78 is 14.3. The number of hydrogen-bond acceptors (Lipinski definition) is 3. The van der Waals surface area contributed by atoms with Crippen molar-refractivity contribution < 1.29 is 9.18 Å². The Bertz CT molecular complexity index is 703. The first kappa shape index (κ1) is 13.1. The van der Waals surface area contributed by atoms with E-state index in [2.05, 4.69) is 4.98 Å². The van der Waals surface area contributed by atoms with E-state index in [1.165, 1.54) is 35.8 Å². The maximum Gasteiger partial charge on any atom is 0.284 e. The first-order chi connectivity index (χ1) is 8.91. The van der Waals surface area contributed by atoms with Crippen molar-refractivity contribution in [2.75, 3.05) is 0 Å². The van der Waals surface area contributed by atoms with E-state index < -0.39 is 5.56 Å². The van der Waals surface area contributed by atoms with Crippen molar-refractivity contribution in [3.8, 4) is 5.69 Å². The van der Waals surface area contributed by atoms with Gasteiger partial charge in [-0.25, -0.2) is 9.37 Å². The molecule has 0 fully saturated rings. The second-order valence-corrected chi connectivity index (χ2v) is 4.30. The maximum absolute atomic E-state index is 12.9. The number of ketones is 1. The zero-order valence-electron chi connectivity index (χ0n) is 10.9. The third kappa shape index (κ3) is 2.31. The Balaban J connectivity index is 2.79. The smallest absolute Gasteiger partial charge is 0.284 e. The van der Waals surface area contributed by atoms with E-state index >= 15 is 0 Å². The highest BCUT2D eigenvalue weighted by Crippen LogP contribution is 2.12. The molecule has 0 atom stereocenters. The molecule has 0 unspecified atom stereocenters. The highest BCUT2D eigenvalue weighted by Gasteiger charge is 2.15. The summed E-state index contributed by atoms with van der Waals surface area (Å²) in [6, 6.07) is 5.52. The number of rotatable bonds is 2. The summed E-state index contributed by atoms with van der Waals surface area (Å²) >= 11 is 0. The van der Waals surface area contributed by atoms with E-state index in [1.807, 2.05) is 0 Å². The summed E-state index contributed by atoms with van der Waals surface area (Å²) in [4.78, 5) is 27.7. The highest BCUT2D eigenvalue weighted by molar-refractivity contribution is 5.91. The minimum Gasteiger partial charge on any atom is -0.293 e. The molecule has 4 nitrogen and oxygen atoms in total. The molecule has 0 bridgehead atoms. The molecule has 0 radical (unpaired) electrons. The van der Waals surface area contributed by atoms with Crippen LogP contribution in [0.3, 0.4) is 0 Å². The Morgan fingerprint density at radius 1 is 1.21 bits per heavy atom. The molecule has 19 heavy (non-hydrogen) atoms. The third-order valence-corrected chi connectivity index (χ3v) is 2.96. The monoisotopic (exact) mass is 260 g/mol. The number of aryl methyl sites for hydroxylation is 1. The Kier molecular flexibility index (Phi) is 3.29. The normalized spacial score (nSPS) is 10.5. The quantitative estimate of drug-likeness (QED) is 0.778. The summed E-state index contributed by atoms with van der Waals surface area (Å²) in [6.45, 7) is 4.76. The molecular formula is C14H13FN2O2. The molecule has 2 aromatic rings. The lowest BCUT2D eigenvalue weighted by molar-refractivity contribution is 0.101. The van der Waals surface area contributed by atoms with Gasteiger partial charge in [0.25, 0.3) is 5.56 Å². The molecule has 2 rings (SSSR count). The number of hydrogen-bond donors (Lipinski definition) is 0. The lowest BCUT2D eigenvalue weighted by atomic mass is 10.2. The van der Waals surface area contributed by atoms with Crippen LogP contribution in [0.4, 0.5) is 4.39 Å². The first-order valence-electron chi connectivity index (χ1n) is 5.79. The largest absolute Gasteiger partial charge is 0.293 e. The number of benzene rings is 1. The predicted molar refractivity (Wildman–Crippen MR) is 69.3 cm³/mol. The van der Waals surface area contributed by atoms with Crippen LogP contribution >= 0.6 is 0 Å². The number of carbonyl (C=O) groups excluding carboxylic acids is 1. The fourth-order valence-corrected chi connectivity index (χ4v) is 1.85. The topological polar surface area (TPSA) is 52.0 Å². The molecule has 0 aliphatic carbocycles. The number of Topliss-reactive ketones (excluding diaryl/α,β-unsaturated/α-hetero) is 1. The van der Waals surface area contributed by atoms with Gasteiger partial charge in [-0.05, 0) is 38.1 Å². The number of aromatic nitrogens is 2. The summed E-state index contributed by atoms with van der Waals surface area (Å²) in [6.07, 6.45) is 0. The lowest BCUT2D eigenvalue weighted by Gasteiger charge is -2.13. The summed E-state index contributed by atoms with van der Waals surface area (Å²) in [5, 5.41) is 0. The van der Waals surface area contributed by atoms with E-state index in [0.717, 1.165) is 0 Å². The van der Waals surface area contributed by atoms with Crippen LogP contribution in [-0.2, 0) is 0 Å². The number of nitrogens with zero attached hydrogens (tertiary/aromatic N) is 2. The van der Waals surface area contributed by atoms with Gasteiger partial charge in [-0.2, -0.15) is 0 Å². The standard InChI is InChI=1S/C14H13FN2O2/c1-8-9(2)17(12-6-4-11(15)5-7-12)14(19)13(16-8)10(3)18/h4-7H,1-3H3. The van der Waals surface area contributed by atoms with Crippen LogP contribution in [0.2, 0.25) is 0 Å². The van der Waals surface area contributed by atoms with Crippen molar-refractivity contribution in [2.45, 2.75) is 20.8 Å². The molecule has 0 aliphatic rings. The molecule has 1 aromatic carbocycles. The van der Waals surface area contributed by atoms with Gasteiger partial charge >= 0.3 is 0 Å². The van der Waals surface area contributed by atoms with Crippen LogP contribution in [0.15, 0.2) is 29.1 Å². The maximum atomic E-state index is 12.9. The Hall–Kier alpha value is -2.30. The van der Waals surface area contributed by atoms with Gasteiger partial charge in [-0.1, -0.05) is 0 Å². The third-order valence-electron chi connectivity index (χ3n) is 2.96. The van der Waals surface area contributed by atoms with Crippen LogP contribution in [0.25, 0.3) is 5.69 Å². The SMILES string of the molecule is CC(=O)c1nc(C)c(C)n(-c2ccc(F)cc2)c1=O. The molecule has 98 valence electrons.